The zero-order valence-corrected chi connectivity index (χ0v) is 12.6. The zero-order chi connectivity index (χ0) is 14.0. The first-order valence-corrected chi connectivity index (χ1v) is 7.33. The third-order valence-electron chi connectivity index (χ3n) is 3.16. The van der Waals surface area contributed by atoms with E-state index in [9.17, 15) is 5.11 Å². The third kappa shape index (κ3) is 3.33. The molecule has 0 amide bonds. The van der Waals surface area contributed by atoms with Crippen molar-refractivity contribution < 1.29 is 5.11 Å². The maximum Gasteiger partial charge on any atom is 0.120 e. The lowest BCUT2D eigenvalue weighted by atomic mass is 10.0. The lowest BCUT2D eigenvalue weighted by Gasteiger charge is -2.20. The minimum atomic E-state index is 0.0832. The molecule has 19 heavy (non-hydrogen) atoms. The molecule has 2 aromatic rings. The summed E-state index contributed by atoms with van der Waals surface area (Å²) in [7, 11) is 0. The molecule has 2 rings (SSSR count). The van der Waals surface area contributed by atoms with Crippen molar-refractivity contribution in [3.63, 3.8) is 0 Å². The molecule has 0 saturated heterocycles. The minimum absolute atomic E-state index is 0.0832. The maximum absolute atomic E-state index is 10.00. The van der Waals surface area contributed by atoms with Crippen molar-refractivity contribution in [3.8, 4) is 5.75 Å². The Morgan fingerprint density at radius 1 is 1.21 bits per heavy atom. The van der Waals surface area contributed by atoms with Crippen LogP contribution in [0, 0.1) is 13.8 Å². The van der Waals surface area contributed by atoms with Gasteiger partial charge in [0.05, 0.1) is 6.04 Å². The van der Waals surface area contributed by atoms with E-state index in [1.807, 2.05) is 26.0 Å². The van der Waals surface area contributed by atoms with Crippen LogP contribution in [0.3, 0.4) is 0 Å². The highest BCUT2D eigenvalue weighted by atomic mass is 32.1. The van der Waals surface area contributed by atoms with Gasteiger partial charge in [-0.2, -0.15) is 0 Å². The fourth-order valence-electron chi connectivity index (χ4n) is 2.13. The highest BCUT2D eigenvalue weighted by Gasteiger charge is 2.16. The largest absolute Gasteiger partial charge is 0.508 e. The minimum Gasteiger partial charge on any atom is -0.508 e. The van der Waals surface area contributed by atoms with E-state index in [1.165, 1.54) is 0 Å². The first-order valence-electron chi connectivity index (χ1n) is 6.45. The van der Waals surface area contributed by atoms with Crippen LogP contribution in [-0.4, -0.2) is 10.1 Å². The fraction of sp³-hybridized carbons (Fsp3) is 0.400. The number of nitrogens with zero attached hydrogens (tertiary/aromatic N) is 1. The molecule has 102 valence electrons. The number of thiazole rings is 1. The van der Waals surface area contributed by atoms with Crippen molar-refractivity contribution >= 4 is 11.3 Å². The Hall–Kier alpha value is -1.39. The lowest BCUT2D eigenvalue weighted by molar-refractivity contribution is 0.437. The first kappa shape index (κ1) is 14.0. The molecule has 0 fully saturated rings. The van der Waals surface area contributed by atoms with E-state index in [4.69, 9.17) is 0 Å². The second kappa shape index (κ2) is 5.72. The summed E-state index contributed by atoms with van der Waals surface area (Å²) in [4.78, 5) is 4.49. The first-order chi connectivity index (χ1) is 8.97. The van der Waals surface area contributed by atoms with E-state index in [1.54, 1.807) is 17.4 Å². The van der Waals surface area contributed by atoms with Crippen molar-refractivity contribution in [2.24, 2.45) is 0 Å². The van der Waals surface area contributed by atoms with Gasteiger partial charge in [0.1, 0.15) is 10.8 Å². The number of aromatic nitrogens is 1. The summed E-state index contributed by atoms with van der Waals surface area (Å²) in [6, 6.07) is 6.05. The van der Waals surface area contributed by atoms with E-state index in [-0.39, 0.29) is 12.1 Å². The van der Waals surface area contributed by atoms with Crippen molar-refractivity contribution in [1.29, 1.82) is 0 Å². The average molecular weight is 276 g/mol. The predicted molar refractivity (Wildman–Crippen MR) is 79.7 cm³/mol. The summed E-state index contributed by atoms with van der Waals surface area (Å²) in [5.74, 6) is 0.350. The summed E-state index contributed by atoms with van der Waals surface area (Å²) < 4.78 is 0. The van der Waals surface area contributed by atoms with Gasteiger partial charge in [-0.1, -0.05) is 12.1 Å². The molecule has 2 atom stereocenters. The monoisotopic (exact) mass is 276 g/mol. The second-order valence-corrected chi connectivity index (χ2v) is 5.89. The number of hydrogen-bond acceptors (Lipinski definition) is 4. The van der Waals surface area contributed by atoms with Crippen LogP contribution < -0.4 is 5.32 Å². The van der Waals surface area contributed by atoms with Crippen molar-refractivity contribution in [2.75, 3.05) is 0 Å². The molecule has 0 aliphatic carbocycles. The summed E-state index contributed by atoms with van der Waals surface area (Å²) >= 11 is 1.67. The molecule has 0 spiro atoms. The van der Waals surface area contributed by atoms with Gasteiger partial charge < -0.3 is 10.4 Å². The van der Waals surface area contributed by atoms with Crippen molar-refractivity contribution in [3.05, 3.63) is 45.4 Å². The van der Waals surface area contributed by atoms with Gasteiger partial charge in [0.25, 0.3) is 0 Å². The molecule has 0 saturated carbocycles. The Labute approximate surface area is 118 Å². The van der Waals surface area contributed by atoms with Crippen molar-refractivity contribution in [2.45, 2.75) is 39.8 Å². The van der Waals surface area contributed by atoms with E-state index < -0.39 is 0 Å². The molecule has 2 unspecified atom stereocenters. The number of nitrogens with one attached hydrogen (secondary N) is 1. The molecule has 0 aliphatic rings. The molecule has 0 radical (unpaired) electrons. The summed E-state index contributed by atoms with van der Waals surface area (Å²) in [5.41, 5.74) is 3.04. The van der Waals surface area contributed by atoms with Crippen molar-refractivity contribution in [1.82, 2.24) is 10.3 Å². The fourth-order valence-corrected chi connectivity index (χ4v) is 2.94. The topological polar surface area (TPSA) is 45.2 Å². The van der Waals surface area contributed by atoms with Gasteiger partial charge >= 0.3 is 0 Å². The Bertz CT molecular complexity index is 565. The average Bonchev–Trinajstić information content (AvgIpc) is 2.75. The highest BCUT2D eigenvalue weighted by Crippen LogP contribution is 2.27. The van der Waals surface area contributed by atoms with Crippen LogP contribution in [0.4, 0.5) is 0 Å². The molecular formula is C15H20N2OS. The Morgan fingerprint density at radius 2 is 1.95 bits per heavy atom. The standard InChI is InChI=1S/C15H20N2OS/c1-9-5-6-13(14(18)7-9)11(3)17-12(4)15-16-10(2)8-19-15/h5-8,11-12,17-18H,1-4H3. The van der Waals surface area contributed by atoms with E-state index >= 15 is 0 Å². The molecule has 0 aliphatic heterocycles. The van der Waals surface area contributed by atoms with Gasteiger partial charge in [-0.15, -0.1) is 11.3 Å². The van der Waals surface area contributed by atoms with Crippen LogP contribution in [0.2, 0.25) is 0 Å². The van der Waals surface area contributed by atoms with Gasteiger partial charge in [0.2, 0.25) is 0 Å². The van der Waals surface area contributed by atoms with Crippen LogP contribution >= 0.6 is 11.3 Å². The third-order valence-corrected chi connectivity index (χ3v) is 4.30. The summed E-state index contributed by atoms with van der Waals surface area (Å²) in [6.07, 6.45) is 0. The lowest BCUT2D eigenvalue weighted by Crippen LogP contribution is -2.22. The quantitative estimate of drug-likeness (QED) is 0.891. The maximum atomic E-state index is 10.00. The van der Waals surface area contributed by atoms with Crippen LogP contribution in [-0.2, 0) is 0 Å². The Kier molecular flexibility index (Phi) is 4.22. The van der Waals surface area contributed by atoms with Gasteiger partial charge in [0.15, 0.2) is 0 Å². The smallest absolute Gasteiger partial charge is 0.120 e. The molecule has 4 heteroatoms. The molecule has 2 N–H and O–H groups in total. The van der Waals surface area contributed by atoms with Crippen LogP contribution in [0.1, 0.15) is 47.8 Å². The number of phenols is 1. The van der Waals surface area contributed by atoms with Crippen LogP contribution in [0.15, 0.2) is 23.6 Å². The second-order valence-electron chi connectivity index (χ2n) is 5.00. The molecular weight excluding hydrogens is 256 g/mol. The Morgan fingerprint density at radius 3 is 2.53 bits per heavy atom. The predicted octanol–water partition coefficient (Wildman–Crippen LogP) is 3.88. The molecule has 1 aromatic heterocycles. The SMILES string of the molecule is Cc1ccc(C(C)NC(C)c2nc(C)cs2)c(O)c1. The number of phenolic OH excluding ortho intramolecular Hbond substituents is 1. The number of rotatable bonds is 4. The van der Waals surface area contributed by atoms with Gasteiger partial charge in [-0.3, -0.25) is 0 Å². The Balaban J connectivity index is 2.10. The van der Waals surface area contributed by atoms with E-state index in [0.29, 0.717) is 5.75 Å². The molecule has 0 bridgehead atoms. The number of benzene rings is 1. The normalized spacial score (nSPS) is 14.3. The van der Waals surface area contributed by atoms with E-state index in [2.05, 4.69) is 29.5 Å². The number of aryl methyl sites for hydroxylation is 2. The number of aromatic hydroxyl groups is 1. The highest BCUT2D eigenvalue weighted by molar-refractivity contribution is 7.09. The summed E-state index contributed by atoms with van der Waals surface area (Å²) in [5, 5.41) is 16.6. The van der Waals surface area contributed by atoms with Crippen LogP contribution in [0.25, 0.3) is 0 Å². The van der Waals surface area contributed by atoms with Gasteiger partial charge in [-0.05, 0) is 39.3 Å². The van der Waals surface area contributed by atoms with E-state index in [0.717, 1.165) is 21.8 Å². The van der Waals surface area contributed by atoms with Gasteiger partial charge in [0, 0.05) is 22.7 Å². The summed E-state index contributed by atoms with van der Waals surface area (Å²) in [6.45, 7) is 8.13. The van der Waals surface area contributed by atoms with Gasteiger partial charge in [-0.25, -0.2) is 4.98 Å². The van der Waals surface area contributed by atoms with Crippen LogP contribution in [0.5, 0.6) is 5.75 Å². The molecule has 1 aromatic carbocycles. The zero-order valence-electron chi connectivity index (χ0n) is 11.8. The molecule has 1 heterocycles. The molecule has 3 nitrogen and oxygen atoms in total. The number of hydrogen-bond donors (Lipinski definition) is 2.